The molecule has 26 heavy (non-hydrogen) atoms. The minimum Gasteiger partial charge on any atom is -0.479 e. The van der Waals surface area contributed by atoms with Crippen molar-refractivity contribution in [3.63, 3.8) is 0 Å². The minimum atomic E-state index is -0.494. The molecule has 1 unspecified atom stereocenters. The van der Waals surface area contributed by atoms with Gasteiger partial charge in [-0.3, -0.25) is 9.59 Å². The van der Waals surface area contributed by atoms with E-state index in [-0.39, 0.29) is 11.8 Å². The van der Waals surface area contributed by atoms with Crippen LogP contribution in [0.15, 0.2) is 42.5 Å². The molecule has 1 atom stereocenters. The molecule has 0 aliphatic carbocycles. The molecule has 0 aromatic heterocycles. The van der Waals surface area contributed by atoms with Gasteiger partial charge in [-0.15, -0.1) is 0 Å². The molecule has 0 fully saturated rings. The standard InChI is InChI=1S/C21H24N2O3/c1-4-5-12-23-18-13-16(10-11-19(18)26-15(3)21(23)25)22-20(24)17-9-7-6-8-14(17)2/h6-11,13,15H,4-5,12H2,1-3H3,(H,22,24). The number of carbonyl (C=O) groups is 2. The van der Waals surface area contributed by atoms with Crippen LogP contribution in [0.2, 0.25) is 0 Å². The van der Waals surface area contributed by atoms with Crippen LogP contribution in [0.25, 0.3) is 0 Å². The number of nitrogens with zero attached hydrogens (tertiary/aromatic N) is 1. The monoisotopic (exact) mass is 352 g/mol. The fourth-order valence-electron chi connectivity index (χ4n) is 3.06. The second kappa shape index (κ2) is 7.60. The van der Waals surface area contributed by atoms with Gasteiger partial charge in [0.05, 0.1) is 5.69 Å². The average Bonchev–Trinajstić information content (AvgIpc) is 2.63. The van der Waals surface area contributed by atoms with Crippen LogP contribution in [-0.4, -0.2) is 24.5 Å². The first kappa shape index (κ1) is 18.0. The molecule has 0 spiro atoms. The maximum Gasteiger partial charge on any atom is 0.267 e. The second-order valence-electron chi connectivity index (χ2n) is 6.56. The maximum absolute atomic E-state index is 12.6. The van der Waals surface area contributed by atoms with E-state index in [1.807, 2.05) is 37.3 Å². The smallest absolute Gasteiger partial charge is 0.267 e. The Hall–Kier alpha value is -2.82. The van der Waals surface area contributed by atoms with Gasteiger partial charge in [-0.05, 0) is 50.1 Å². The zero-order chi connectivity index (χ0) is 18.7. The molecule has 1 N–H and O–H groups in total. The predicted molar refractivity (Wildman–Crippen MR) is 103 cm³/mol. The molecule has 0 bridgehead atoms. The zero-order valence-electron chi connectivity index (χ0n) is 15.4. The van der Waals surface area contributed by atoms with Gasteiger partial charge in [0.1, 0.15) is 5.75 Å². The number of aryl methyl sites for hydroxylation is 1. The van der Waals surface area contributed by atoms with Crippen molar-refractivity contribution in [1.82, 2.24) is 0 Å². The third-order valence-corrected chi connectivity index (χ3v) is 4.55. The van der Waals surface area contributed by atoms with Crippen LogP contribution in [0.1, 0.15) is 42.6 Å². The molecule has 0 saturated carbocycles. The largest absolute Gasteiger partial charge is 0.479 e. The number of hydrogen-bond donors (Lipinski definition) is 1. The summed E-state index contributed by atoms with van der Waals surface area (Å²) in [6.45, 7) is 6.40. The van der Waals surface area contributed by atoms with E-state index >= 15 is 0 Å². The van der Waals surface area contributed by atoms with Gasteiger partial charge < -0.3 is 15.0 Å². The van der Waals surface area contributed by atoms with Crippen molar-refractivity contribution < 1.29 is 14.3 Å². The van der Waals surface area contributed by atoms with Crippen LogP contribution in [0.5, 0.6) is 5.75 Å². The number of unbranched alkanes of at least 4 members (excludes halogenated alkanes) is 1. The van der Waals surface area contributed by atoms with Crippen molar-refractivity contribution in [3.8, 4) is 5.75 Å². The van der Waals surface area contributed by atoms with Crippen LogP contribution in [0, 0.1) is 6.92 Å². The highest BCUT2D eigenvalue weighted by atomic mass is 16.5. The summed E-state index contributed by atoms with van der Waals surface area (Å²) in [5, 5.41) is 2.92. The van der Waals surface area contributed by atoms with Gasteiger partial charge in [-0.1, -0.05) is 31.5 Å². The number of ether oxygens (including phenoxy) is 1. The quantitative estimate of drug-likeness (QED) is 0.879. The zero-order valence-corrected chi connectivity index (χ0v) is 15.4. The third kappa shape index (κ3) is 3.57. The summed E-state index contributed by atoms with van der Waals surface area (Å²) in [5.41, 5.74) is 2.91. The van der Waals surface area contributed by atoms with E-state index in [4.69, 9.17) is 4.74 Å². The summed E-state index contributed by atoms with van der Waals surface area (Å²) < 4.78 is 5.71. The fraction of sp³-hybridized carbons (Fsp3) is 0.333. The number of nitrogens with one attached hydrogen (secondary N) is 1. The summed E-state index contributed by atoms with van der Waals surface area (Å²) in [7, 11) is 0. The highest BCUT2D eigenvalue weighted by Crippen LogP contribution is 2.36. The molecular weight excluding hydrogens is 328 g/mol. The summed E-state index contributed by atoms with van der Waals surface area (Å²) >= 11 is 0. The van der Waals surface area contributed by atoms with Crippen LogP contribution in [-0.2, 0) is 4.79 Å². The van der Waals surface area contributed by atoms with E-state index in [1.54, 1.807) is 24.0 Å². The van der Waals surface area contributed by atoms with Crippen LogP contribution >= 0.6 is 0 Å². The van der Waals surface area contributed by atoms with Gasteiger partial charge in [0.15, 0.2) is 6.10 Å². The van der Waals surface area contributed by atoms with Gasteiger partial charge in [0, 0.05) is 17.8 Å². The van der Waals surface area contributed by atoms with Gasteiger partial charge in [0.25, 0.3) is 11.8 Å². The van der Waals surface area contributed by atoms with Gasteiger partial charge >= 0.3 is 0 Å². The van der Waals surface area contributed by atoms with Crippen molar-refractivity contribution in [2.45, 2.75) is 39.7 Å². The lowest BCUT2D eigenvalue weighted by atomic mass is 10.1. The summed E-state index contributed by atoms with van der Waals surface area (Å²) in [4.78, 5) is 26.8. The van der Waals surface area contributed by atoms with E-state index in [0.717, 1.165) is 18.4 Å². The van der Waals surface area contributed by atoms with Crippen molar-refractivity contribution >= 4 is 23.2 Å². The van der Waals surface area contributed by atoms with E-state index in [1.165, 1.54) is 0 Å². The molecule has 5 heteroatoms. The molecular formula is C21H24N2O3. The highest BCUT2D eigenvalue weighted by Gasteiger charge is 2.31. The highest BCUT2D eigenvalue weighted by molar-refractivity contribution is 6.06. The normalized spacial score (nSPS) is 16.0. The van der Waals surface area contributed by atoms with E-state index in [9.17, 15) is 9.59 Å². The van der Waals surface area contributed by atoms with E-state index in [2.05, 4.69) is 12.2 Å². The second-order valence-corrected chi connectivity index (χ2v) is 6.56. The van der Waals surface area contributed by atoms with Crippen LogP contribution in [0.4, 0.5) is 11.4 Å². The van der Waals surface area contributed by atoms with Crippen molar-refractivity contribution in [2.75, 3.05) is 16.8 Å². The Morgan fingerprint density at radius 1 is 1.23 bits per heavy atom. The van der Waals surface area contributed by atoms with E-state index in [0.29, 0.717) is 29.2 Å². The van der Waals surface area contributed by atoms with Gasteiger partial charge in [0.2, 0.25) is 0 Å². The predicted octanol–water partition coefficient (Wildman–Crippen LogP) is 4.16. The number of amides is 2. The molecule has 3 rings (SSSR count). The molecule has 5 nitrogen and oxygen atoms in total. The maximum atomic E-state index is 12.6. The molecule has 2 aromatic rings. The number of rotatable bonds is 5. The fourth-order valence-corrected chi connectivity index (χ4v) is 3.06. The SMILES string of the molecule is CCCCN1C(=O)C(C)Oc2ccc(NC(=O)c3ccccc3C)cc21. The van der Waals surface area contributed by atoms with Crippen molar-refractivity contribution in [3.05, 3.63) is 53.6 Å². The number of benzene rings is 2. The average molecular weight is 352 g/mol. The Bertz CT molecular complexity index is 832. The number of hydrogen-bond acceptors (Lipinski definition) is 3. The molecule has 0 radical (unpaired) electrons. The van der Waals surface area contributed by atoms with Gasteiger partial charge in [-0.2, -0.15) is 0 Å². The first-order valence-electron chi connectivity index (χ1n) is 9.00. The molecule has 136 valence electrons. The summed E-state index contributed by atoms with van der Waals surface area (Å²) in [6, 6.07) is 12.9. The molecule has 1 aliphatic heterocycles. The minimum absolute atomic E-state index is 0.0478. The Balaban J connectivity index is 1.87. The van der Waals surface area contributed by atoms with Crippen molar-refractivity contribution in [1.29, 1.82) is 0 Å². The number of carbonyl (C=O) groups excluding carboxylic acids is 2. The topological polar surface area (TPSA) is 58.6 Å². The molecule has 2 amide bonds. The van der Waals surface area contributed by atoms with Crippen LogP contribution < -0.4 is 15.0 Å². The van der Waals surface area contributed by atoms with Crippen molar-refractivity contribution in [2.24, 2.45) is 0 Å². The molecule has 0 saturated heterocycles. The molecule has 2 aromatic carbocycles. The van der Waals surface area contributed by atoms with Gasteiger partial charge in [-0.25, -0.2) is 0 Å². The summed E-state index contributed by atoms with van der Waals surface area (Å²) in [5.74, 6) is 0.454. The first-order valence-corrected chi connectivity index (χ1v) is 9.00. The Labute approximate surface area is 154 Å². The van der Waals surface area contributed by atoms with Crippen LogP contribution in [0.3, 0.4) is 0 Å². The lowest BCUT2D eigenvalue weighted by Gasteiger charge is -2.33. The Kier molecular flexibility index (Phi) is 5.26. The molecule has 1 aliphatic rings. The Morgan fingerprint density at radius 2 is 2.00 bits per heavy atom. The lowest BCUT2D eigenvalue weighted by Crippen LogP contribution is -2.44. The number of fused-ring (bicyclic) bond motifs is 1. The van der Waals surface area contributed by atoms with E-state index < -0.39 is 6.10 Å². The lowest BCUT2D eigenvalue weighted by molar-refractivity contribution is -0.125. The third-order valence-electron chi connectivity index (χ3n) is 4.55. The molecule has 1 heterocycles. The summed E-state index contributed by atoms with van der Waals surface area (Å²) in [6.07, 6.45) is 1.42. The first-order chi connectivity index (χ1) is 12.5. The number of anilines is 2. The Morgan fingerprint density at radius 3 is 2.73 bits per heavy atom.